The molecule has 0 bridgehead atoms. The van der Waals surface area contributed by atoms with Gasteiger partial charge >= 0.3 is 0 Å². The van der Waals surface area contributed by atoms with Gasteiger partial charge in [0.15, 0.2) is 0 Å². The molecule has 9 heteroatoms. The number of aromatic nitrogens is 1. The van der Waals surface area contributed by atoms with Crippen molar-refractivity contribution < 1.29 is 19.1 Å². The topological polar surface area (TPSA) is 139 Å². The number of primary amides is 1. The first-order valence-electron chi connectivity index (χ1n) is 10.9. The van der Waals surface area contributed by atoms with Crippen molar-refractivity contribution in [2.75, 3.05) is 13.7 Å². The molecule has 0 spiro atoms. The van der Waals surface area contributed by atoms with Gasteiger partial charge in [0, 0.05) is 17.8 Å². The van der Waals surface area contributed by atoms with E-state index in [4.69, 9.17) is 10.5 Å². The summed E-state index contributed by atoms with van der Waals surface area (Å²) in [6, 6.07) is 16.1. The first-order valence-corrected chi connectivity index (χ1v) is 10.9. The Kier molecular flexibility index (Phi) is 6.50. The Bertz CT molecular complexity index is 1280. The van der Waals surface area contributed by atoms with Crippen LogP contribution in [0.3, 0.4) is 0 Å². The lowest BCUT2D eigenvalue weighted by molar-refractivity contribution is -0.125. The Hall–Kier alpha value is -4.32. The molecule has 34 heavy (non-hydrogen) atoms. The van der Waals surface area contributed by atoms with Crippen molar-refractivity contribution in [2.24, 2.45) is 11.7 Å². The van der Waals surface area contributed by atoms with Crippen molar-refractivity contribution in [2.45, 2.75) is 24.9 Å². The highest BCUT2D eigenvalue weighted by atomic mass is 16.5. The van der Waals surface area contributed by atoms with E-state index in [0.29, 0.717) is 35.2 Å². The molecular weight excluding hydrogens is 434 g/mol. The zero-order valence-corrected chi connectivity index (χ0v) is 18.7. The molecule has 2 heterocycles. The zero-order chi connectivity index (χ0) is 24.2. The molecule has 9 nitrogen and oxygen atoms in total. The van der Waals surface area contributed by atoms with Crippen LogP contribution in [0.1, 0.15) is 34.9 Å². The maximum Gasteiger partial charge on any atom is 0.265 e. The molecule has 1 aliphatic rings. The lowest BCUT2D eigenvalue weighted by atomic mass is 9.98. The van der Waals surface area contributed by atoms with Crippen molar-refractivity contribution in [3.8, 4) is 11.8 Å². The highest BCUT2D eigenvalue weighted by molar-refractivity contribution is 6.01. The number of hydrogen-bond donors (Lipinski definition) is 3. The summed E-state index contributed by atoms with van der Waals surface area (Å²) >= 11 is 0. The number of carbonyl (C=O) groups is 3. The van der Waals surface area contributed by atoms with Gasteiger partial charge < -0.3 is 25.7 Å². The largest absolute Gasteiger partial charge is 0.496 e. The van der Waals surface area contributed by atoms with E-state index in [0.717, 1.165) is 0 Å². The van der Waals surface area contributed by atoms with Gasteiger partial charge in [0.25, 0.3) is 5.91 Å². The van der Waals surface area contributed by atoms with Crippen molar-refractivity contribution in [3.63, 3.8) is 0 Å². The quantitative estimate of drug-likeness (QED) is 0.472. The second-order valence-electron chi connectivity index (χ2n) is 8.17. The van der Waals surface area contributed by atoms with Gasteiger partial charge in [0.2, 0.25) is 11.8 Å². The third-order valence-corrected chi connectivity index (χ3v) is 6.09. The SMILES string of the molecule is COc1cccc2c1cc(C(N)=O)n2[C@H](C(=O)N[C@H](C#N)C[C@@H]1CCNC1=O)c1ccccc1. The number of amides is 3. The number of rotatable bonds is 8. The molecule has 1 fully saturated rings. The molecule has 1 saturated heterocycles. The Labute approximate surface area is 196 Å². The van der Waals surface area contributed by atoms with E-state index in [1.807, 2.05) is 6.07 Å². The number of benzene rings is 2. The van der Waals surface area contributed by atoms with Gasteiger partial charge in [0.05, 0.1) is 18.7 Å². The minimum Gasteiger partial charge on any atom is -0.496 e. The van der Waals surface area contributed by atoms with Crippen LogP contribution in [0.4, 0.5) is 0 Å². The summed E-state index contributed by atoms with van der Waals surface area (Å²) in [6.07, 6.45) is 0.821. The summed E-state index contributed by atoms with van der Waals surface area (Å²) in [5.41, 5.74) is 7.03. The molecule has 3 atom stereocenters. The standard InChI is InChI=1S/C25H25N5O4/c1-34-21-9-5-8-19-18(21)13-20(23(27)31)30(19)22(15-6-3-2-4-7-15)25(33)29-17(14-26)12-16-10-11-28-24(16)32/h2-9,13,16-17,22H,10-12H2,1H3,(H2,27,31)(H,28,32)(H,29,33)/t16-,17-,22-/m0/s1. The summed E-state index contributed by atoms with van der Waals surface area (Å²) < 4.78 is 7.01. The average molecular weight is 460 g/mol. The van der Waals surface area contributed by atoms with Crippen molar-refractivity contribution >= 4 is 28.6 Å². The third-order valence-electron chi connectivity index (χ3n) is 6.09. The molecule has 174 valence electrons. The molecule has 1 aromatic heterocycles. The van der Waals surface area contributed by atoms with Gasteiger partial charge in [-0.1, -0.05) is 36.4 Å². The van der Waals surface area contributed by atoms with E-state index < -0.39 is 23.9 Å². The Morgan fingerprint density at radius 2 is 2.03 bits per heavy atom. The molecule has 0 unspecified atom stereocenters. The number of nitrogens with two attached hydrogens (primary N) is 1. The molecule has 0 radical (unpaired) electrons. The van der Waals surface area contributed by atoms with Crippen LogP contribution in [0.15, 0.2) is 54.6 Å². The monoisotopic (exact) mass is 459 g/mol. The smallest absolute Gasteiger partial charge is 0.265 e. The number of nitriles is 1. The average Bonchev–Trinajstić information content (AvgIpc) is 3.43. The number of carbonyl (C=O) groups excluding carboxylic acids is 3. The van der Waals surface area contributed by atoms with Gasteiger partial charge in [0.1, 0.15) is 23.5 Å². The number of hydrogen-bond acceptors (Lipinski definition) is 5. The Morgan fingerprint density at radius 3 is 2.65 bits per heavy atom. The molecule has 4 N–H and O–H groups in total. The summed E-state index contributed by atoms with van der Waals surface area (Å²) in [6.45, 7) is 0.557. The second kappa shape index (κ2) is 9.67. The van der Waals surface area contributed by atoms with Crippen molar-refractivity contribution in [3.05, 3.63) is 65.9 Å². The Balaban J connectivity index is 1.79. The molecule has 4 rings (SSSR count). The van der Waals surface area contributed by atoms with Gasteiger partial charge in [-0.15, -0.1) is 0 Å². The number of methoxy groups -OCH3 is 1. The van der Waals surface area contributed by atoms with Crippen LogP contribution >= 0.6 is 0 Å². The van der Waals surface area contributed by atoms with Crippen LogP contribution in [-0.2, 0) is 9.59 Å². The van der Waals surface area contributed by atoms with Crippen LogP contribution in [-0.4, -0.2) is 42.0 Å². The number of ether oxygens (including phenoxy) is 1. The minimum absolute atomic E-state index is 0.117. The van der Waals surface area contributed by atoms with E-state index >= 15 is 0 Å². The predicted molar refractivity (Wildman–Crippen MR) is 125 cm³/mol. The molecule has 0 saturated carbocycles. The van der Waals surface area contributed by atoms with Crippen LogP contribution in [0.25, 0.3) is 10.9 Å². The van der Waals surface area contributed by atoms with Crippen molar-refractivity contribution in [1.29, 1.82) is 5.26 Å². The van der Waals surface area contributed by atoms with Crippen LogP contribution in [0.2, 0.25) is 0 Å². The fourth-order valence-corrected chi connectivity index (χ4v) is 4.47. The fraction of sp³-hybridized carbons (Fsp3) is 0.280. The second-order valence-corrected chi connectivity index (χ2v) is 8.17. The van der Waals surface area contributed by atoms with Crippen molar-refractivity contribution in [1.82, 2.24) is 15.2 Å². The minimum atomic E-state index is -0.985. The predicted octanol–water partition coefficient (Wildman–Crippen LogP) is 1.87. The number of nitrogens with zero attached hydrogens (tertiary/aromatic N) is 2. The van der Waals surface area contributed by atoms with Gasteiger partial charge in [-0.3, -0.25) is 14.4 Å². The summed E-state index contributed by atoms with van der Waals surface area (Å²) in [7, 11) is 1.52. The lowest BCUT2D eigenvalue weighted by Gasteiger charge is -2.24. The fourth-order valence-electron chi connectivity index (χ4n) is 4.47. The van der Waals surface area contributed by atoms with Crippen LogP contribution in [0.5, 0.6) is 5.75 Å². The van der Waals surface area contributed by atoms with Gasteiger partial charge in [-0.2, -0.15) is 5.26 Å². The maximum atomic E-state index is 13.7. The van der Waals surface area contributed by atoms with E-state index in [-0.39, 0.29) is 23.9 Å². The third kappa shape index (κ3) is 4.30. The van der Waals surface area contributed by atoms with Gasteiger partial charge in [-0.05, 0) is 36.6 Å². The molecule has 3 amide bonds. The maximum absolute atomic E-state index is 13.7. The molecule has 0 aliphatic carbocycles. The lowest BCUT2D eigenvalue weighted by Crippen LogP contribution is -2.41. The zero-order valence-electron chi connectivity index (χ0n) is 18.7. The first-order chi connectivity index (χ1) is 16.4. The summed E-state index contributed by atoms with van der Waals surface area (Å²) in [5, 5.41) is 15.8. The first kappa shape index (κ1) is 22.9. The summed E-state index contributed by atoms with van der Waals surface area (Å²) in [4.78, 5) is 38.1. The van der Waals surface area contributed by atoms with E-state index in [1.165, 1.54) is 7.11 Å². The molecule has 1 aliphatic heterocycles. The molecule has 2 aromatic carbocycles. The van der Waals surface area contributed by atoms with Crippen LogP contribution in [0, 0.1) is 17.2 Å². The molecular formula is C25H25N5O4. The van der Waals surface area contributed by atoms with Crippen LogP contribution < -0.4 is 21.1 Å². The van der Waals surface area contributed by atoms with E-state index in [9.17, 15) is 19.6 Å². The molecule has 3 aromatic rings. The Morgan fingerprint density at radius 1 is 1.26 bits per heavy atom. The number of nitrogens with one attached hydrogen (secondary N) is 2. The van der Waals surface area contributed by atoms with E-state index in [2.05, 4.69) is 16.7 Å². The van der Waals surface area contributed by atoms with Gasteiger partial charge in [-0.25, -0.2) is 0 Å². The normalized spacial score (nSPS) is 16.9. The highest BCUT2D eigenvalue weighted by Crippen LogP contribution is 2.33. The summed E-state index contributed by atoms with van der Waals surface area (Å²) in [5.74, 6) is -1.11. The number of fused-ring (bicyclic) bond motifs is 1. The highest BCUT2D eigenvalue weighted by Gasteiger charge is 2.32. The van der Waals surface area contributed by atoms with E-state index in [1.54, 1.807) is 53.1 Å².